The molecular weight excluding hydrogens is 332 g/mol. The number of benzene rings is 2. The van der Waals surface area contributed by atoms with Crippen LogP contribution in [0.25, 0.3) is 0 Å². The van der Waals surface area contributed by atoms with E-state index in [2.05, 4.69) is 84.3 Å². The van der Waals surface area contributed by atoms with E-state index in [9.17, 15) is 0 Å². The number of likely N-dealkylation sites (N-methyl/N-ethyl adjacent to an activating group) is 2. The van der Waals surface area contributed by atoms with E-state index in [1.807, 2.05) is 23.5 Å². The summed E-state index contributed by atoms with van der Waals surface area (Å²) in [4.78, 5) is 7.74. The first kappa shape index (κ1) is 19.4. The summed E-state index contributed by atoms with van der Waals surface area (Å²) >= 11 is 3.85. The number of rotatable bonds is 11. The maximum Gasteiger partial charge on any atom is 0.0492 e. The van der Waals surface area contributed by atoms with Gasteiger partial charge in [0, 0.05) is 34.6 Å². The van der Waals surface area contributed by atoms with Crippen LogP contribution >= 0.6 is 23.5 Å². The highest BCUT2D eigenvalue weighted by molar-refractivity contribution is 7.99. The molecule has 0 unspecified atom stereocenters. The zero-order valence-corrected chi connectivity index (χ0v) is 16.4. The molecule has 0 saturated heterocycles. The smallest absolute Gasteiger partial charge is 0.0492 e. The summed E-state index contributed by atoms with van der Waals surface area (Å²) in [6, 6.07) is 21.3. The molecule has 0 bridgehead atoms. The van der Waals surface area contributed by atoms with Crippen molar-refractivity contribution in [2.24, 2.45) is 0 Å². The van der Waals surface area contributed by atoms with Crippen LogP contribution in [0.15, 0.2) is 70.5 Å². The molecule has 2 aromatic carbocycles. The minimum atomic E-state index is 1.06. The zero-order chi connectivity index (χ0) is 17.0. The van der Waals surface area contributed by atoms with Crippen molar-refractivity contribution in [2.45, 2.75) is 23.6 Å². The van der Waals surface area contributed by atoms with Gasteiger partial charge in [-0.2, -0.15) is 0 Å². The van der Waals surface area contributed by atoms with Gasteiger partial charge in [-0.1, -0.05) is 50.2 Å². The van der Waals surface area contributed by atoms with Crippen molar-refractivity contribution in [1.29, 1.82) is 0 Å². The molecule has 0 aliphatic rings. The van der Waals surface area contributed by atoms with E-state index in [0.717, 1.165) is 37.9 Å². The topological polar surface area (TPSA) is 6.48 Å². The molecule has 2 nitrogen and oxygen atoms in total. The first-order valence-electron chi connectivity index (χ1n) is 8.62. The predicted molar refractivity (Wildman–Crippen MR) is 109 cm³/mol. The molecule has 24 heavy (non-hydrogen) atoms. The molecule has 2 aromatic rings. The molecule has 0 heterocycles. The van der Waals surface area contributed by atoms with Crippen molar-refractivity contribution >= 4 is 23.5 Å². The van der Waals surface area contributed by atoms with Crippen LogP contribution in [0.5, 0.6) is 0 Å². The normalized spacial score (nSPS) is 11.3. The fourth-order valence-corrected chi connectivity index (χ4v) is 4.26. The van der Waals surface area contributed by atoms with Crippen LogP contribution in [0, 0.1) is 0 Å². The van der Waals surface area contributed by atoms with E-state index in [-0.39, 0.29) is 0 Å². The lowest BCUT2D eigenvalue weighted by Gasteiger charge is -2.25. The average molecular weight is 361 g/mol. The summed E-state index contributed by atoms with van der Waals surface area (Å²) < 4.78 is 0. The lowest BCUT2D eigenvalue weighted by atomic mass is 10.4. The van der Waals surface area contributed by atoms with Gasteiger partial charge in [-0.15, -0.1) is 23.5 Å². The SMILES string of the molecule is CCN(CCN(CC)CSc1ccccc1)CSc1ccccc1. The first-order chi connectivity index (χ1) is 11.8. The molecule has 0 atom stereocenters. The second-order valence-corrected chi connectivity index (χ2v) is 7.63. The maximum absolute atomic E-state index is 2.52. The predicted octanol–water partition coefficient (Wildman–Crippen LogP) is 5.13. The molecule has 0 aliphatic heterocycles. The van der Waals surface area contributed by atoms with Gasteiger partial charge in [-0.25, -0.2) is 0 Å². The number of nitrogens with zero attached hydrogens (tertiary/aromatic N) is 2. The lowest BCUT2D eigenvalue weighted by molar-refractivity contribution is 0.258. The van der Waals surface area contributed by atoms with Crippen molar-refractivity contribution in [3.8, 4) is 0 Å². The van der Waals surface area contributed by atoms with Crippen LogP contribution in [0.1, 0.15) is 13.8 Å². The fourth-order valence-electron chi connectivity index (χ4n) is 2.28. The highest BCUT2D eigenvalue weighted by Gasteiger charge is 2.08. The molecule has 130 valence electrons. The van der Waals surface area contributed by atoms with E-state index in [1.165, 1.54) is 9.79 Å². The zero-order valence-electron chi connectivity index (χ0n) is 14.7. The molecule has 0 spiro atoms. The highest BCUT2D eigenvalue weighted by atomic mass is 32.2. The van der Waals surface area contributed by atoms with Gasteiger partial charge >= 0.3 is 0 Å². The Balaban J connectivity index is 1.71. The third-order valence-electron chi connectivity index (χ3n) is 3.94. The van der Waals surface area contributed by atoms with Gasteiger partial charge in [0.1, 0.15) is 0 Å². The average Bonchev–Trinajstić information content (AvgIpc) is 2.65. The second-order valence-electron chi connectivity index (χ2n) is 5.59. The van der Waals surface area contributed by atoms with Crippen LogP contribution in [0.4, 0.5) is 0 Å². The third-order valence-corrected chi connectivity index (χ3v) is 6.14. The van der Waals surface area contributed by atoms with E-state index >= 15 is 0 Å². The van der Waals surface area contributed by atoms with Gasteiger partial charge in [-0.3, -0.25) is 9.80 Å². The first-order valence-corrected chi connectivity index (χ1v) is 10.6. The second kappa shape index (κ2) is 11.6. The quantitative estimate of drug-likeness (QED) is 0.405. The standard InChI is InChI=1S/C20H28N2S2/c1-3-21(17-23-19-11-7-5-8-12-19)15-16-22(4-2)18-24-20-13-9-6-10-14-20/h5-14H,3-4,15-18H2,1-2H3. The molecule has 0 radical (unpaired) electrons. The van der Waals surface area contributed by atoms with E-state index in [1.54, 1.807) is 0 Å². The Labute approximate surface area is 155 Å². The van der Waals surface area contributed by atoms with Crippen LogP contribution in [0.3, 0.4) is 0 Å². The minimum absolute atomic E-state index is 1.06. The Hall–Kier alpha value is -0.940. The summed E-state index contributed by atoms with van der Waals surface area (Å²) in [5.41, 5.74) is 0. The minimum Gasteiger partial charge on any atom is -0.293 e. The third kappa shape index (κ3) is 7.31. The number of hydrogen-bond acceptors (Lipinski definition) is 4. The lowest BCUT2D eigenvalue weighted by Crippen LogP contribution is -2.34. The van der Waals surface area contributed by atoms with E-state index < -0.39 is 0 Å². The monoisotopic (exact) mass is 360 g/mol. The molecule has 0 N–H and O–H groups in total. The molecule has 0 aromatic heterocycles. The molecule has 0 fully saturated rings. The molecule has 0 amide bonds. The molecule has 4 heteroatoms. The Morgan fingerprint density at radius 1 is 0.625 bits per heavy atom. The summed E-state index contributed by atoms with van der Waals surface area (Å²) in [6.07, 6.45) is 0. The van der Waals surface area contributed by atoms with Gasteiger partial charge in [0.05, 0.1) is 0 Å². The number of thioether (sulfide) groups is 2. The fraction of sp³-hybridized carbons (Fsp3) is 0.400. The van der Waals surface area contributed by atoms with Crippen molar-refractivity contribution < 1.29 is 0 Å². The molecule has 2 rings (SSSR count). The Kier molecular flexibility index (Phi) is 9.36. The van der Waals surface area contributed by atoms with E-state index in [0.29, 0.717) is 0 Å². The molecule has 0 saturated carbocycles. The Morgan fingerprint density at radius 3 is 1.33 bits per heavy atom. The summed E-state index contributed by atoms with van der Waals surface area (Å²) in [7, 11) is 0. The Bertz CT molecular complexity index is 497. The number of hydrogen-bond donors (Lipinski definition) is 0. The maximum atomic E-state index is 2.52. The van der Waals surface area contributed by atoms with Crippen LogP contribution in [-0.2, 0) is 0 Å². The van der Waals surface area contributed by atoms with Crippen LogP contribution in [0.2, 0.25) is 0 Å². The van der Waals surface area contributed by atoms with Crippen molar-refractivity contribution in [1.82, 2.24) is 9.80 Å². The van der Waals surface area contributed by atoms with Crippen molar-refractivity contribution in [2.75, 3.05) is 37.9 Å². The summed E-state index contributed by atoms with van der Waals surface area (Å²) in [5.74, 6) is 2.12. The summed E-state index contributed by atoms with van der Waals surface area (Å²) in [5, 5.41) is 0. The Morgan fingerprint density at radius 2 is 1.00 bits per heavy atom. The van der Waals surface area contributed by atoms with Crippen molar-refractivity contribution in [3.05, 3.63) is 60.7 Å². The van der Waals surface area contributed by atoms with Gasteiger partial charge in [0.25, 0.3) is 0 Å². The van der Waals surface area contributed by atoms with Crippen LogP contribution < -0.4 is 0 Å². The van der Waals surface area contributed by atoms with Gasteiger partial charge in [0.15, 0.2) is 0 Å². The van der Waals surface area contributed by atoms with Gasteiger partial charge in [0.2, 0.25) is 0 Å². The largest absolute Gasteiger partial charge is 0.293 e. The summed E-state index contributed by atoms with van der Waals surface area (Å²) in [6.45, 7) is 8.95. The van der Waals surface area contributed by atoms with Crippen LogP contribution in [-0.4, -0.2) is 47.7 Å². The van der Waals surface area contributed by atoms with Crippen molar-refractivity contribution in [3.63, 3.8) is 0 Å². The molecular formula is C20H28N2S2. The van der Waals surface area contributed by atoms with Gasteiger partial charge < -0.3 is 0 Å². The molecule has 0 aliphatic carbocycles. The van der Waals surface area contributed by atoms with Gasteiger partial charge in [-0.05, 0) is 37.4 Å². The highest BCUT2D eigenvalue weighted by Crippen LogP contribution is 2.19. The van der Waals surface area contributed by atoms with E-state index in [4.69, 9.17) is 0 Å².